The number of carbonyl (C=O) groups is 1. The third-order valence-corrected chi connectivity index (χ3v) is 2.33. The van der Waals surface area contributed by atoms with E-state index in [0.717, 1.165) is 19.1 Å². The smallest absolute Gasteiger partial charge is 0.289 e. The van der Waals surface area contributed by atoms with Gasteiger partial charge in [0.2, 0.25) is 0 Å². The SMILES string of the molecule is CC(=O)c1cc(C(F)F)c(Cl)c([N+](=O)[O-])c1. The van der Waals surface area contributed by atoms with Gasteiger partial charge in [-0.3, -0.25) is 14.9 Å². The second-order valence-corrected chi connectivity index (χ2v) is 3.39. The topological polar surface area (TPSA) is 60.2 Å². The number of halogens is 3. The molecule has 0 amide bonds. The molecule has 0 N–H and O–H groups in total. The molecule has 0 fully saturated rings. The highest BCUT2D eigenvalue weighted by Gasteiger charge is 2.23. The number of nitro benzene ring substituents is 1. The summed E-state index contributed by atoms with van der Waals surface area (Å²) in [5, 5.41) is 9.90. The molecule has 0 bridgehead atoms. The Hall–Kier alpha value is -1.56. The van der Waals surface area contributed by atoms with Crippen molar-refractivity contribution >= 4 is 23.1 Å². The van der Waals surface area contributed by atoms with Crippen molar-refractivity contribution in [2.75, 3.05) is 0 Å². The summed E-state index contributed by atoms with van der Waals surface area (Å²) < 4.78 is 25.0. The minimum absolute atomic E-state index is 0.161. The number of rotatable bonds is 3. The molecular weight excluding hydrogens is 244 g/mol. The molecule has 0 atom stereocenters. The van der Waals surface area contributed by atoms with Crippen molar-refractivity contribution in [2.24, 2.45) is 0 Å². The summed E-state index contributed by atoms with van der Waals surface area (Å²) >= 11 is 5.44. The highest BCUT2D eigenvalue weighted by molar-refractivity contribution is 6.33. The van der Waals surface area contributed by atoms with Gasteiger partial charge in [0.05, 0.1) is 4.92 Å². The van der Waals surface area contributed by atoms with E-state index in [2.05, 4.69) is 0 Å². The predicted octanol–water partition coefficient (Wildman–Crippen LogP) is 3.39. The van der Waals surface area contributed by atoms with Crippen LogP contribution >= 0.6 is 11.6 Å². The number of ketones is 1. The molecule has 1 rings (SSSR count). The summed E-state index contributed by atoms with van der Waals surface area (Å²) in [4.78, 5) is 20.6. The lowest BCUT2D eigenvalue weighted by Crippen LogP contribution is -2.00. The largest absolute Gasteiger partial charge is 0.295 e. The molecule has 0 saturated heterocycles. The van der Waals surface area contributed by atoms with Gasteiger partial charge >= 0.3 is 0 Å². The average molecular weight is 250 g/mol. The van der Waals surface area contributed by atoms with Crippen molar-refractivity contribution in [2.45, 2.75) is 13.3 Å². The zero-order chi connectivity index (χ0) is 12.5. The molecule has 86 valence electrons. The summed E-state index contributed by atoms with van der Waals surface area (Å²) in [6, 6.07) is 1.75. The second kappa shape index (κ2) is 4.52. The van der Waals surface area contributed by atoms with Crippen LogP contribution in [0.2, 0.25) is 5.02 Å². The van der Waals surface area contributed by atoms with Crippen LogP contribution in [0.25, 0.3) is 0 Å². The van der Waals surface area contributed by atoms with Crippen LogP contribution in [0.3, 0.4) is 0 Å². The van der Waals surface area contributed by atoms with Crippen LogP contribution in [0.1, 0.15) is 29.3 Å². The fourth-order valence-corrected chi connectivity index (χ4v) is 1.39. The molecule has 1 aromatic rings. The molecule has 0 saturated carbocycles. The molecule has 0 unspecified atom stereocenters. The minimum Gasteiger partial charge on any atom is -0.295 e. The molecule has 0 spiro atoms. The van der Waals surface area contributed by atoms with Crippen LogP contribution in [-0.2, 0) is 0 Å². The third-order valence-electron chi connectivity index (χ3n) is 1.92. The molecule has 7 heteroatoms. The molecular formula is C9H6ClF2NO3. The number of nitrogens with zero attached hydrogens (tertiary/aromatic N) is 1. The molecule has 1 aromatic carbocycles. The lowest BCUT2D eigenvalue weighted by molar-refractivity contribution is -0.384. The standard InChI is InChI=1S/C9H6ClF2NO3/c1-4(14)5-2-6(9(11)12)8(10)7(3-5)13(15)16/h2-3,9H,1H3. The Kier molecular flexibility index (Phi) is 3.54. The first-order valence-electron chi connectivity index (χ1n) is 4.11. The maximum atomic E-state index is 12.5. The van der Waals surface area contributed by atoms with E-state index < -0.39 is 33.4 Å². The lowest BCUT2D eigenvalue weighted by Gasteiger charge is -2.05. The number of Topliss-reactive ketones (excluding diaryl/α,β-unsaturated/α-hetero) is 1. The lowest BCUT2D eigenvalue weighted by atomic mass is 10.1. The minimum atomic E-state index is -2.97. The van der Waals surface area contributed by atoms with Crippen molar-refractivity contribution in [3.63, 3.8) is 0 Å². The molecule has 0 aromatic heterocycles. The van der Waals surface area contributed by atoms with Gasteiger partial charge in [0, 0.05) is 17.2 Å². The molecule has 0 aliphatic heterocycles. The van der Waals surface area contributed by atoms with Crippen molar-refractivity contribution in [1.82, 2.24) is 0 Å². The first kappa shape index (κ1) is 12.5. The molecule has 0 aliphatic rings. The molecule has 0 radical (unpaired) electrons. The van der Waals surface area contributed by atoms with Gasteiger partial charge in [-0.2, -0.15) is 0 Å². The van der Waals surface area contributed by atoms with Gasteiger partial charge in [-0.1, -0.05) is 11.6 Å². The summed E-state index contributed by atoms with van der Waals surface area (Å²) in [7, 11) is 0. The molecule has 16 heavy (non-hydrogen) atoms. The Morgan fingerprint density at radius 2 is 2.06 bits per heavy atom. The summed E-state index contributed by atoms with van der Waals surface area (Å²) in [6.07, 6.45) is -2.97. The van der Waals surface area contributed by atoms with Gasteiger partial charge < -0.3 is 0 Å². The number of nitro groups is 1. The molecule has 0 heterocycles. The van der Waals surface area contributed by atoms with Crippen LogP contribution in [0.15, 0.2) is 12.1 Å². The highest BCUT2D eigenvalue weighted by atomic mass is 35.5. The van der Waals surface area contributed by atoms with Gasteiger partial charge in [0.15, 0.2) is 5.78 Å². The maximum Gasteiger partial charge on any atom is 0.289 e. The van der Waals surface area contributed by atoms with E-state index in [0.29, 0.717) is 0 Å². The average Bonchev–Trinajstić information content (AvgIpc) is 2.16. The second-order valence-electron chi connectivity index (χ2n) is 3.01. The van der Waals surface area contributed by atoms with Gasteiger partial charge in [-0.25, -0.2) is 8.78 Å². The maximum absolute atomic E-state index is 12.5. The van der Waals surface area contributed by atoms with E-state index >= 15 is 0 Å². The Morgan fingerprint density at radius 1 is 1.50 bits per heavy atom. The van der Waals surface area contributed by atoms with Crippen LogP contribution in [0.5, 0.6) is 0 Å². The number of benzene rings is 1. The molecule has 4 nitrogen and oxygen atoms in total. The summed E-state index contributed by atoms with van der Waals surface area (Å²) in [5.41, 5.74) is -1.56. The van der Waals surface area contributed by atoms with Crippen molar-refractivity contribution < 1.29 is 18.5 Å². The Bertz CT molecular complexity index is 462. The normalized spacial score (nSPS) is 10.6. The van der Waals surface area contributed by atoms with E-state index in [1.807, 2.05) is 0 Å². The monoisotopic (exact) mass is 249 g/mol. The van der Waals surface area contributed by atoms with Crippen LogP contribution in [0, 0.1) is 10.1 Å². The quantitative estimate of drug-likeness (QED) is 0.469. The van der Waals surface area contributed by atoms with Crippen LogP contribution < -0.4 is 0 Å². The van der Waals surface area contributed by atoms with E-state index in [1.165, 1.54) is 0 Å². The van der Waals surface area contributed by atoms with Crippen molar-refractivity contribution in [1.29, 1.82) is 0 Å². The highest BCUT2D eigenvalue weighted by Crippen LogP contribution is 2.35. The first-order chi connectivity index (χ1) is 7.34. The Morgan fingerprint density at radius 3 is 2.44 bits per heavy atom. The fraction of sp³-hybridized carbons (Fsp3) is 0.222. The molecule has 0 aliphatic carbocycles. The zero-order valence-electron chi connectivity index (χ0n) is 8.04. The van der Waals surface area contributed by atoms with Crippen molar-refractivity contribution in [3.8, 4) is 0 Å². The summed E-state index contributed by atoms with van der Waals surface area (Å²) in [5.74, 6) is -0.540. The zero-order valence-corrected chi connectivity index (χ0v) is 8.79. The van der Waals surface area contributed by atoms with E-state index in [-0.39, 0.29) is 5.56 Å². The number of hydrogen-bond donors (Lipinski definition) is 0. The van der Waals surface area contributed by atoms with Gasteiger partial charge in [-0.15, -0.1) is 0 Å². The van der Waals surface area contributed by atoms with Crippen LogP contribution in [-0.4, -0.2) is 10.7 Å². The number of carbonyl (C=O) groups excluding carboxylic acids is 1. The Balaban J connectivity index is 3.51. The van der Waals surface area contributed by atoms with E-state index in [9.17, 15) is 23.7 Å². The third kappa shape index (κ3) is 2.33. The number of alkyl halides is 2. The van der Waals surface area contributed by atoms with Gasteiger partial charge in [0.1, 0.15) is 5.02 Å². The first-order valence-corrected chi connectivity index (χ1v) is 4.49. The summed E-state index contributed by atoms with van der Waals surface area (Å²) in [6.45, 7) is 1.13. The van der Waals surface area contributed by atoms with E-state index in [1.54, 1.807) is 0 Å². The fourth-order valence-electron chi connectivity index (χ4n) is 1.13. The van der Waals surface area contributed by atoms with Crippen molar-refractivity contribution in [3.05, 3.63) is 38.4 Å². The number of hydrogen-bond acceptors (Lipinski definition) is 3. The van der Waals surface area contributed by atoms with Gasteiger partial charge in [0.25, 0.3) is 12.1 Å². The van der Waals surface area contributed by atoms with Gasteiger partial charge in [-0.05, 0) is 13.0 Å². The Labute approximate surface area is 94.0 Å². The van der Waals surface area contributed by atoms with Crippen LogP contribution in [0.4, 0.5) is 14.5 Å². The predicted molar refractivity (Wildman–Crippen MR) is 53.1 cm³/mol. The van der Waals surface area contributed by atoms with E-state index in [4.69, 9.17) is 11.6 Å².